The first-order valence-electron chi connectivity index (χ1n) is 7.16. The maximum absolute atomic E-state index is 12.2. The molecule has 0 fully saturated rings. The third kappa shape index (κ3) is 3.55. The molecule has 5 nitrogen and oxygen atoms in total. The van der Waals surface area contributed by atoms with E-state index in [1.165, 1.54) is 6.07 Å². The minimum absolute atomic E-state index is 0.00243. The predicted molar refractivity (Wildman–Crippen MR) is 83.0 cm³/mol. The quantitative estimate of drug-likeness (QED) is 0.831. The fourth-order valence-corrected chi connectivity index (χ4v) is 2.48. The van der Waals surface area contributed by atoms with Crippen molar-refractivity contribution >= 4 is 5.97 Å². The van der Waals surface area contributed by atoms with E-state index in [4.69, 9.17) is 4.74 Å². The molecule has 0 aliphatic carbocycles. The number of carbonyl (C=O) groups is 1. The lowest BCUT2D eigenvalue weighted by Gasteiger charge is -2.17. The number of hydrogen-bond donors (Lipinski definition) is 2. The van der Waals surface area contributed by atoms with E-state index in [-0.39, 0.29) is 24.3 Å². The smallest absolute Gasteiger partial charge is 0.306 e. The molecule has 0 saturated heterocycles. The summed E-state index contributed by atoms with van der Waals surface area (Å²) in [5.74, 6) is -1.07. The molecular weight excluding hydrogens is 282 g/mol. The number of aryl methyl sites for hydroxylation is 1. The molecule has 2 rings (SSSR count). The van der Waals surface area contributed by atoms with Gasteiger partial charge in [-0.1, -0.05) is 30.3 Å². The molecule has 0 aliphatic heterocycles. The van der Waals surface area contributed by atoms with Gasteiger partial charge in [-0.15, -0.1) is 0 Å². The molecule has 22 heavy (non-hydrogen) atoms. The molecule has 1 heterocycles. The normalized spacial score (nSPS) is 11.9. The summed E-state index contributed by atoms with van der Waals surface area (Å²) in [6.07, 6.45) is -0.00243. The first-order valence-corrected chi connectivity index (χ1v) is 7.16. The molecule has 1 aromatic heterocycles. The van der Waals surface area contributed by atoms with Crippen LogP contribution in [0.25, 0.3) is 0 Å². The van der Waals surface area contributed by atoms with Crippen molar-refractivity contribution in [2.75, 3.05) is 6.61 Å². The average Bonchev–Trinajstić information content (AvgIpc) is 2.46. The molecule has 1 aromatic carbocycles. The summed E-state index contributed by atoms with van der Waals surface area (Å²) in [4.78, 5) is 26.8. The zero-order valence-corrected chi connectivity index (χ0v) is 12.6. The van der Waals surface area contributed by atoms with Crippen LogP contribution in [0.1, 0.15) is 36.1 Å². The van der Waals surface area contributed by atoms with Crippen LogP contribution in [0.3, 0.4) is 0 Å². The molecular formula is C17H19NO4. The highest BCUT2D eigenvalue weighted by molar-refractivity contribution is 5.71. The molecule has 2 N–H and O–H groups in total. The molecule has 1 atom stereocenters. The summed E-state index contributed by atoms with van der Waals surface area (Å²) < 4.78 is 4.99. The summed E-state index contributed by atoms with van der Waals surface area (Å²) >= 11 is 0. The number of ether oxygens (including phenoxy) is 1. The van der Waals surface area contributed by atoms with Gasteiger partial charge in [0.05, 0.1) is 18.6 Å². The zero-order chi connectivity index (χ0) is 16.1. The highest BCUT2D eigenvalue weighted by Gasteiger charge is 2.25. The number of benzene rings is 1. The Hall–Kier alpha value is -2.56. The van der Waals surface area contributed by atoms with Crippen LogP contribution in [0, 0.1) is 6.92 Å². The first-order chi connectivity index (χ1) is 10.5. The number of aromatic nitrogens is 1. The lowest BCUT2D eigenvalue weighted by molar-refractivity contribution is -0.143. The van der Waals surface area contributed by atoms with Gasteiger partial charge in [0.1, 0.15) is 5.75 Å². The summed E-state index contributed by atoms with van der Waals surface area (Å²) in [6, 6.07) is 10.6. The van der Waals surface area contributed by atoms with Crippen LogP contribution in [0.5, 0.6) is 5.75 Å². The standard InChI is InChI=1S/C17H19NO4/c1-3-22-15(20)10-13(12-7-5-4-6-8-12)16-14(19)9-11(2)18-17(16)21/h4-9,13H,3,10H2,1-2H3,(H2,18,19,21)/t13-/m1/s1. The van der Waals surface area contributed by atoms with E-state index < -0.39 is 17.4 Å². The van der Waals surface area contributed by atoms with E-state index in [9.17, 15) is 14.7 Å². The van der Waals surface area contributed by atoms with Crippen LogP contribution in [-0.4, -0.2) is 22.7 Å². The van der Waals surface area contributed by atoms with Crippen molar-refractivity contribution in [3.05, 3.63) is 63.6 Å². The number of hydrogen-bond acceptors (Lipinski definition) is 4. The van der Waals surface area contributed by atoms with Crippen LogP contribution in [0.15, 0.2) is 41.2 Å². The third-order valence-electron chi connectivity index (χ3n) is 3.41. The number of H-pyrrole nitrogens is 1. The highest BCUT2D eigenvalue weighted by Crippen LogP contribution is 2.31. The van der Waals surface area contributed by atoms with E-state index in [2.05, 4.69) is 4.98 Å². The number of aromatic amines is 1. The van der Waals surface area contributed by atoms with E-state index in [0.29, 0.717) is 5.69 Å². The second-order valence-corrected chi connectivity index (χ2v) is 5.05. The number of nitrogens with one attached hydrogen (secondary N) is 1. The maximum Gasteiger partial charge on any atom is 0.306 e. The van der Waals surface area contributed by atoms with Gasteiger partial charge in [0.25, 0.3) is 5.56 Å². The van der Waals surface area contributed by atoms with Crippen molar-refractivity contribution in [1.29, 1.82) is 0 Å². The first kappa shape index (κ1) is 15.8. The second kappa shape index (κ2) is 6.93. The van der Waals surface area contributed by atoms with Crippen LogP contribution in [0.4, 0.5) is 0 Å². The number of carbonyl (C=O) groups excluding carboxylic acids is 1. The Morgan fingerprint density at radius 3 is 2.59 bits per heavy atom. The van der Waals surface area contributed by atoms with Crippen LogP contribution < -0.4 is 5.56 Å². The number of esters is 1. The lowest BCUT2D eigenvalue weighted by Crippen LogP contribution is -2.21. The molecule has 0 radical (unpaired) electrons. The van der Waals surface area contributed by atoms with Crippen molar-refractivity contribution in [3.8, 4) is 5.75 Å². The Labute approximate surface area is 128 Å². The number of aromatic hydroxyl groups is 1. The van der Waals surface area contributed by atoms with Crippen molar-refractivity contribution in [2.24, 2.45) is 0 Å². The summed E-state index contributed by atoms with van der Waals surface area (Å²) in [6.45, 7) is 3.69. The van der Waals surface area contributed by atoms with Gasteiger partial charge in [0, 0.05) is 11.6 Å². The predicted octanol–water partition coefficient (Wildman–Crippen LogP) is 2.47. The monoisotopic (exact) mass is 301 g/mol. The van der Waals surface area contributed by atoms with Crippen LogP contribution in [0.2, 0.25) is 0 Å². The van der Waals surface area contributed by atoms with Crippen molar-refractivity contribution in [1.82, 2.24) is 4.98 Å². The summed E-state index contributed by atoms with van der Waals surface area (Å²) in [7, 11) is 0. The van der Waals surface area contributed by atoms with Crippen LogP contribution >= 0.6 is 0 Å². The molecule has 2 aromatic rings. The zero-order valence-electron chi connectivity index (χ0n) is 12.6. The van der Waals surface area contributed by atoms with E-state index in [1.807, 2.05) is 30.3 Å². The topological polar surface area (TPSA) is 79.4 Å². The van der Waals surface area contributed by atoms with Crippen molar-refractivity contribution < 1.29 is 14.6 Å². The molecule has 0 unspecified atom stereocenters. The Morgan fingerprint density at radius 1 is 1.32 bits per heavy atom. The van der Waals surface area contributed by atoms with E-state index in [1.54, 1.807) is 13.8 Å². The fourth-order valence-electron chi connectivity index (χ4n) is 2.48. The Morgan fingerprint density at radius 2 is 2.00 bits per heavy atom. The SMILES string of the molecule is CCOC(=O)C[C@H](c1ccccc1)c1c(O)cc(C)[nH]c1=O. The number of pyridine rings is 1. The van der Waals surface area contributed by atoms with Gasteiger partial charge >= 0.3 is 5.97 Å². The van der Waals surface area contributed by atoms with Gasteiger partial charge < -0.3 is 14.8 Å². The van der Waals surface area contributed by atoms with Gasteiger partial charge in [0.2, 0.25) is 0 Å². The fraction of sp³-hybridized carbons (Fsp3) is 0.294. The van der Waals surface area contributed by atoms with E-state index in [0.717, 1.165) is 5.56 Å². The Balaban J connectivity index is 2.50. The average molecular weight is 301 g/mol. The molecule has 0 spiro atoms. The second-order valence-electron chi connectivity index (χ2n) is 5.05. The van der Waals surface area contributed by atoms with Gasteiger partial charge in [-0.3, -0.25) is 9.59 Å². The van der Waals surface area contributed by atoms with Gasteiger partial charge in [-0.25, -0.2) is 0 Å². The molecule has 0 amide bonds. The Bertz CT molecular complexity index is 706. The molecule has 0 saturated carbocycles. The third-order valence-corrected chi connectivity index (χ3v) is 3.41. The van der Waals surface area contributed by atoms with E-state index >= 15 is 0 Å². The minimum atomic E-state index is -0.551. The van der Waals surface area contributed by atoms with Crippen molar-refractivity contribution in [3.63, 3.8) is 0 Å². The van der Waals surface area contributed by atoms with Gasteiger partial charge in [0.15, 0.2) is 0 Å². The molecule has 5 heteroatoms. The summed E-state index contributed by atoms with van der Waals surface area (Å²) in [5, 5.41) is 10.2. The van der Waals surface area contributed by atoms with Crippen LogP contribution in [-0.2, 0) is 9.53 Å². The minimum Gasteiger partial charge on any atom is -0.507 e. The van der Waals surface area contributed by atoms with Gasteiger partial charge in [-0.2, -0.15) is 0 Å². The van der Waals surface area contributed by atoms with Crippen molar-refractivity contribution in [2.45, 2.75) is 26.2 Å². The Kier molecular flexibility index (Phi) is 4.99. The van der Waals surface area contributed by atoms with Gasteiger partial charge in [-0.05, 0) is 25.5 Å². The lowest BCUT2D eigenvalue weighted by atomic mass is 9.88. The number of rotatable bonds is 5. The molecule has 0 aliphatic rings. The maximum atomic E-state index is 12.2. The largest absolute Gasteiger partial charge is 0.507 e. The molecule has 116 valence electrons. The highest BCUT2D eigenvalue weighted by atomic mass is 16.5. The molecule has 0 bridgehead atoms. The summed E-state index contributed by atoms with van der Waals surface area (Å²) in [5.41, 5.74) is 1.13.